The molecule has 1 aromatic rings. The Balaban J connectivity index is 2.13. The Bertz CT molecular complexity index is 401. The number of nitrogens with one attached hydrogen (secondary N) is 1. The molecule has 108 valence electrons. The third-order valence-electron chi connectivity index (χ3n) is 4.53. The summed E-state index contributed by atoms with van der Waals surface area (Å²) in [5.74, 6) is 0. The van der Waals surface area contributed by atoms with Crippen LogP contribution in [0.2, 0.25) is 4.34 Å². The molecule has 1 unspecified atom stereocenters. The maximum atomic E-state index is 6.07. The third kappa shape index (κ3) is 3.52. The smallest absolute Gasteiger partial charge is 0.0931 e. The second-order valence-corrected chi connectivity index (χ2v) is 7.30. The Morgan fingerprint density at radius 2 is 2.16 bits per heavy atom. The van der Waals surface area contributed by atoms with Gasteiger partial charge in [-0.25, -0.2) is 0 Å². The molecule has 0 saturated carbocycles. The molecule has 0 spiro atoms. The molecule has 0 bridgehead atoms. The molecule has 4 heteroatoms. The summed E-state index contributed by atoms with van der Waals surface area (Å²) in [7, 11) is 0. The Kier molecular flexibility index (Phi) is 5.29. The van der Waals surface area contributed by atoms with E-state index in [9.17, 15) is 0 Å². The largest absolute Gasteiger partial charge is 0.310 e. The molecule has 1 aliphatic rings. The molecular formula is C15H25ClN2S. The average Bonchev–Trinajstić information content (AvgIpc) is 2.75. The van der Waals surface area contributed by atoms with Gasteiger partial charge in [-0.2, -0.15) is 0 Å². The van der Waals surface area contributed by atoms with E-state index in [0.717, 1.165) is 17.4 Å². The third-order valence-corrected chi connectivity index (χ3v) is 5.94. The molecule has 0 radical (unpaired) electrons. The van der Waals surface area contributed by atoms with Gasteiger partial charge in [0, 0.05) is 29.5 Å². The SMILES string of the molecule is CCC1(CC)CN(C(C)c2ccc(Cl)s2)CCCN1. The maximum Gasteiger partial charge on any atom is 0.0931 e. The van der Waals surface area contributed by atoms with Crippen LogP contribution in [0.1, 0.15) is 51.0 Å². The van der Waals surface area contributed by atoms with Crippen LogP contribution < -0.4 is 5.32 Å². The second kappa shape index (κ2) is 6.57. The van der Waals surface area contributed by atoms with E-state index in [1.165, 1.54) is 30.7 Å². The number of thiophene rings is 1. The van der Waals surface area contributed by atoms with E-state index >= 15 is 0 Å². The van der Waals surface area contributed by atoms with Crippen LogP contribution in [0.15, 0.2) is 12.1 Å². The van der Waals surface area contributed by atoms with Crippen molar-refractivity contribution in [3.05, 3.63) is 21.3 Å². The Labute approximate surface area is 126 Å². The lowest BCUT2D eigenvalue weighted by Crippen LogP contribution is -2.50. The number of nitrogens with zero attached hydrogens (tertiary/aromatic N) is 1. The summed E-state index contributed by atoms with van der Waals surface area (Å²) in [4.78, 5) is 4.00. The van der Waals surface area contributed by atoms with E-state index in [4.69, 9.17) is 11.6 Å². The normalized spacial score (nSPS) is 22.1. The Morgan fingerprint density at radius 3 is 2.74 bits per heavy atom. The fourth-order valence-corrected chi connectivity index (χ4v) is 4.09. The van der Waals surface area contributed by atoms with E-state index < -0.39 is 0 Å². The van der Waals surface area contributed by atoms with Crippen molar-refractivity contribution in [2.75, 3.05) is 19.6 Å². The van der Waals surface area contributed by atoms with Gasteiger partial charge >= 0.3 is 0 Å². The molecule has 1 aromatic heterocycles. The van der Waals surface area contributed by atoms with Crippen LogP contribution in [0.5, 0.6) is 0 Å². The average molecular weight is 301 g/mol. The van der Waals surface area contributed by atoms with Gasteiger partial charge in [0.25, 0.3) is 0 Å². The van der Waals surface area contributed by atoms with Crippen LogP contribution in [-0.2, 0) is 0 Å². The topological polar surface area (TPSA) is 15.3 Å². The zero-order valence-electron chi connectivity index (χ0n) is 12.2. The highest BCUT2D eigenvalue weighted by atomic mass is 35.5. The summed E-state index contributed by atoms with van der Waals surface area (Å²) in [6.45, 7) is 10.3. The first kappa shape index (κ1) is 15.3. The van der Waals surface area contributed by atoms with E-state index in [1.54, 1.807) is 11.3 Å². The highest BCUT2D eigenvalue weighted by molar-refractivity contribution is 7.16. The van der Waals surface area contributed by atoms with Crippen molar-refractivity contribution in [2.24, 2.45) is 0 Å². The molecule has 19 heavy (non-hydrogen) atoms. The molecule has 2 nitrogen and oxygen atoms in total. The van der Waals surface area contributed by atoms with Gasteiger partial charge in [0.05, 0.1) is 4.34 Å². The lowest BCUT2D eigenvalue weighted by atomic mass is 9.92. The zero-order chi connectivity index (χ0) is 13.9. The summed E-state index contributed by atoms with van der Waals surface area (Å²) in [6.07, 6.45) is 3.61. The van der Waals surface area contributed by atoms with Crippen LogP contribution >= 0.6 is 22.9 Å². The summed E-state index contributed by atoms with van der Waals surface area (Å²) >= 11 is 7.79. The number of hydrogen-bond donors (Lipinski definition) is 1. The molecule has 0 aliphatic carbocycles. The summed E-state index contributed by atoms with van der Waals surface area (Å²) in [5, 5.41) is 3.77. The quantitative estimate of drug-likeness (QED) is 0.891. The molecule has 1 saturated heterocycles. The number of rotatable bonds is 4. The van der Waals surface area contributed by atoms with E-state index in [1.807, 2.05) is 6.07 Å². The van der Waals surface area contributed by atoms with E-state index in [0.29, 0.717) is 6.04 Å². The van der Waals surface area contributed by atoms with Crippen molar-refractivity contribution in [1.29, 1.82) is 0 Å². The molecule has 0 aromatic carbocycles. The van der Waals surface area contributed by atoms with Crippen LogP contribution in [0, 0.1) is 0 Å². The molecule has 1 fully saturated rings. The molecule has 1 N–H and O–H groups in total. The Hall–Kier alpha value is -0.0900. The minimum absolute atomic E-state index is 0.284. The molecule has 2 rings (SSSR count). The van der Waals surface area contributed by atoms with Crippen molar-refractivity contribution in [3.63, 3.8) is 0 Å². The fourth-order valence-electron chi connectivity index (χ4n) is 2.95. The Morgan fingerprint density at radius 1 is 1.42 bits per heavy atom. The van der Waals surface area contributed by atoms with Crippen LogP contribution in [0.4, 0.5) is 0 Å². The maximum absolute atomic E-state index is 6.07. The van der Waals surface area contributed by atoms with Crippen molar-refractivity contribution in [2.45, 2.75) is 51.6 Å². The fraction of sp³-hybridized carbons (Fsp3) is 0.733. The van der Waals surface area contributed by atoms with Gasteiger partial charge in [-0.05, 0) is 44.9 Å². The van der Waals surface area contributed by atoms with Crippen molar-refractivity contribution < 1.29 is 0 Å². The number of halogens is 1. The van der Waals surface area contributed by atoms with Gasteiger partial charge in [0.2, 0.25) is 0 Å². The van der Waals surface area contributed by atoms with Gasteiger partial charge in [0.15, 0.2) is 0 Å². The number of hydrogen-bond acceptors (Lipinski definition) is 3. The van der Waals surface area contributed by atoms with Crippen molar-refractivity contribution in [1.82, 2.24) is 10.2 Å². The van der Waals surface area contributed by atoms with Gasteiger partial charge in [-0.3, -0.25) is 4.90 Å². The minimum Gasteiger partial charge on any atom is -0.310 e. The van der Waals surface area contributed by atoms with Crippen molar-refractivity contribution in [3.8, 4) is 0 Å². The summed E-state index contributed by atoms with van der Waals surface area (Å²) < 4.78 is 0.895. The highest BCUT2D eigenvalue weighted by Gasteiger charge is 2.32. The van der Waals surface area contributed by atoms with Gasteiger partial charge in [0.1, 0.15) is 0 Å². The highest BCUT2D eigenvalue weighted by Crippen LogP contribution is 2.32. The van der Waals surface area contributed by atoms with Gasteiger partial charge < -0.3 is 5.32 Å². The molecule has 2 heterocycles. The van der Waals surface area contributed by atoms with E-state index in [2.05, 4.69) is 37.1 Å². The monoisotopic (exact) mass is 300 g/mol. The van der Waals surface area contributed by atoms with Gasteiger partial charge in [-0.15, -0.1) is 11.3 Å². The first-order chi connectivity index (χ1) is 9.10. The van der Waals surface area contributed by atoms with E-state index in [-0.39, 0.29) is 5.54 Å². The predicted molar refractivity (Wildman–Crippen MR) is 85.2 cm³/mol. The summed E-state index contributed by atoms with van der Waals surface area (Å²) in [6, 6.07) is 4.66. The molecule has 0 amide bonds. The molecule has 1 aliphatic heterocycles. The van der Waals surface area contributed by atoms with Crippen molar-refractivity contribution >= 4 is 22.9 Å². The minimum atomic E-state index is 0.284. The zero-order valence-corrected chi connectivity index (χ0v) is 13.8. The lowest BCUT2D eigenvalue weighted by molar-refractivity contribution is 0.158. The van der Waals surface area contributed by atoms with Gasteiger partial charge in [-0.1, -0.05) is 25.4 Å². The second-order valence-electron chi connectivity index (χ2n) is 5.56. The first-order valence-corrected chi connectivity index (χ1v) is 8.54. The molecule has 1 atom stereocenters. The van der Waals surface area contributed by atoms with Crippen LogP contribution in [-0.4, -0.2) is 30.1 Å². The predicted octanol–water partition coefficient (Wildman–Crippen LogP) is 4.32. The lowest BCUT2D eigenvalue weighted by Gasteiger charge is -2.37. The molecular weight excluding hydrogens is 276 g/mol. The van der Waals surface area contributed by atoms with Crippen LogP contribution in [0.3, 0.4) is 0 Å². The standard InChI is InChI=1S/C15H25ClN2S/c1-4-15(5-2)11-18(10-6-9-17-15)12(3)13-7-8-14(16)19-13/h7-8,12,17H,4-6,9-11H2,1-3H3. The summed E-state index contributed by atoms with van der Waals surface area (Å²) in [5.41, 5.74) is 0.284. The first-order valence-electron chi connectivity index (χ1n) is 7.34. The van der Waals surface area contributed by atoms with Crippen LogP contribution in [0.25, 0.3) is 0 Å².